The maximum Gasteiger partial charge on any atom is 0.270 e. The van der Waals surface area contributed by atoms with Crippen molar-refractivity contribution >= 4 is 77.5 Å². The summed E-state index contributed by atoms with van der Waals surface area (Å²) in [7, 11) is 3.25. The molecule has 3 aromatic carbocycles. The van der Waals surface area contributed by atoms with Gasteiger partial charge in [0.25, 0.3) is 5.69 Å². The number of likely N-dealkylation sites (N-methyl/N-ethyl adjacent to an activating group) is 2. The summed E-state index contributed by atoms with van der Waals surface area (Å²) in [6.07, 6.45) is 4.54. The molecule has 2 aliphatic carbocycles. The number of Topliss-reactive ketones (excluding diaryl/α,β-unsaturated/α-hetero) is 2. The van der Waals surface area contributed by atoms with E-state index in [4.69, 9.17) is 0 Å². The van der Waals surface area contributed by atoms with E-state index in [0.29, 0.717) is 12.8 Å². The molecule has 1 aliphatic heterocycles. The third kappa shape index (κ3) is 16.9. The number of carbonyl (C=O) groups is 8. The third-order valence-corrected chi connectivity index (χ3v) is 15.4. The number of ketones is 2. The SMILES string of the molecule is CN[C@@H](C)C(=O)N[C@H](C(=O)N[C@@H](CCCC(=O)c1cc(C(=O)C[C@H]2C[C@@H](C(=O)N[C@@H]3CCCc4ccccc43)N(C(=O)[C@@H](NC(=O)[C@H](C)NC)C(C)(C)C)C2)cc([N+](=O)[O-])c1)C(=O)N[C@@H]1CCCc2ccccc21)C(C)C.Cl.Cl. The summed E-state index contributed by atoms with van der Waals surface area (Å²) in [6.45, 7) is 12.3. The first-order valence-corrected chi connectivity index (χ1v) is 27.2. The molecule has 1 saturated heterocycles. The van der Waals surface area contributed by atoms with Crippen LogP contribution in [0, 0.1) is 27.4 Å². The highest BCUT2D eigenvalue weighted by molar-refractivity contribution is 6.03. The van der Waals surface area contributed by atoms with Crippen LogP contribution in [-0.4, -0.2) is 114 Å². The lowest BCUT2D eigenvalue weighted by molar-refractivity contribution is -0.384. The largest absolute Gasteiger partial charge is 0.348 e. The molecule has 432 valence electrons. The minimum absolute atomic E-state index is 0. The maximum absolute atomic E-state index is 14.7. The van der Waals surface area contributed by atoms with Crippen molar-refractivity contribution in [1.82, 2.24) is 42.1 Å². The monoisotopic (exact) mass is 1130 g/mol. The highest BCUT2D eigenvalue weighted by Gasteiger charge is 2.46. The number of amides is 6. The zero-order valence-corrected chi connectivity index (χ0v) is 48.5. The second-order valence-electron chi connectivity index (χ2n) is 22.5. The Labute approximate surface area is 476 Å². The highest BCUT2D eigenvalue weighted by Crippen LogP contribution is 2.35. The predicted octanol–water partition coefficient (Wildman–Crippen LogP) is 6.34. The average molecular weight is 1140 g/mol. The van der Waals surface area contributed by atoms with Gasteiger partial charge in [0, 0.05) is 42.6 Å². The van der Waals surface area contributed by atoms with Crippen molar-refractivity contribution in [2.45, 2.75) is 167 Å². The number of hydrogen-bond donors (Lipinski definition) is 7. The maximum atomic E-state index is 14.7. The summed E-state index contributed by atoms with van der Waals surface area (Å²) in [5, 5.41) is 32.9. The highest BCUT2D eigenvalue weighted by atomic mass is 35.5. The quantitative estimate of drug-likeness (QED) is 0.0312. The Kier molecular flexibility index (Phi) is 24.2. The number of nitro groups is 1. The van der Waals surface area contributed by atoms with Crippen molar-refractivity contribution in [2.24, 2.45) is 17.3 Å². The van der Waals surface area contributed by atoms with Crippen LogP contribution in [0.15, 0.2) is 66.7 Å². The first kappa shape index (κ1) is 65.2. The van der Waals surface area contributed by atoms with Crippen LogP contribution in [0.2, 0.25) is 0 Å². The van der Waals surface area contributed by atoms with Crippen molar-refractivity contribution in [1.29, 1.82) is 0 Å². The van der Waals surface area contributed by atoms with Crippen molar-refractivity contribution in [2.75, 3.05) is 20.6 Å². The van der Waals surface area contributed by atoms with Gasteiger partial charge in [0.05, 0.1) is 29.1 Å². The number of fused-ring (bicyclic) bond motifs is 2. The van der Waals surface area contributed by atoms with Crippen LogP contribution in [0.25, 0.3) is 0 Å². The van der Waals surface area contributed by atoms with Crippen LogP contribution in [0.4, 0.5) is 5.69 Å². The first-order chi connectivity index (χ1) is 36.5. The fraction of sp³-hybridized carbons (Fsp3) is 0.552. The predicted molar refractivity (Wildman–Crippen MR) is 306 cm³/mol. The standard InChI is InChI=1S/C58H79N9O10.2ClH/c1-33(2)50(64-52(70)34(3)59-8)56(74)63-46(54(72)61-44-23-14-19-37-17-10-12-21-42(37)44)25-16-26-48(68)39-29-40(31-41(30-39)67(76)77)49(69)28-36-27-47(55(73)62-45-24-15-20-38-18-11-13-22-43(38)45)66(32-36)57(75)51(58(5,6)7)65-53(71)35(4)60-9;;/h10-13,17-18,21-22,29-31,33-36,44-47,50-51,59-60H,14-16,19-20,23-28,32H2,1-9H3,(H,61,72)(H,62,73)(H,63,74)(H,64,70)(H,65,71);2*1H/t34-,35-,36+,44+,45+,46-,47-,50-,51+;;/m0../s1. The Morgan fingerprint density at radius 1 is 0.696 bits per heavy atom. The minimum Gasteiger partial charge on any atom is -0.348 e. The van der Waals surface area contributed by atoms with Crippen LogP contribution in [0.5, 0.6) is 0 Å². The van der Waals surface area contributed by atoms with Crippen LogP contribution < -0.4 is 37.2 Å². The van der Waals surface area contributed by atoms with Gasteiger partial charge in [-0.05, 0) is 131 Å². The molecule has 0 bridgehead atoms. The minimum atomic E-state index is -1.12. The van der Waals surface area contributed by atoms with Crippen molar-refractivity contribution in [3.8, 4) is 0 Å². The normalized spacial score (nSPS) is 19.5. The Bertz CT molecular complexity index is 2700. The molecule has 7 N–H and O–H groups in total. The van der Waals surface area contributed by atoms with E-state index < -0.39 is 105 Å². The third-order valence-electron chi connectivity index (χ3n) is 15.4. The van der Waals surface area contributed by atoms with Gasteiger partial charge >= 0.3 is 0 Å². The number of nitro benzene ring substituents is 1. The van der Waals surface area contributed by atoms with Crippen molar-refractivity contribution in [3.63, 3.8) is 0 Å². The van der Waals surface area contributed by atoms with Gasteiger partial charge in [-0.25, -0.2) is 0 Å². The summed E-state index contributed by atoms with van der Waals surface area (Å²) in [4.78, 5) is 125. The van der Waals surface area contributed by atoms with Crippen LogP contribution in [0.3, 0.4) is 0 Å². The molecule has 19 nitrogen and oxygen atoms in total. The number of halogens is 2. The van der Waals surface area contributed by atoms with E-state index in [9.17, 15) is 48.5 Å². The topological polar surface area (TPSA) is 267 Å². The molecule has 1 heterocycles. The smallest absolute Gasteiger partial charge is 0.270 e. The first-order valence-electron chi connectivity index (χ1n) is 27.2. The van der Waals surface area contributed by atoms with Gasteiger partial charge in [0.15, 0.2) is 11.6 Å². The van der Waals surface area contributed by atoms with E-state index in [2.05, 4.69) is 37.2 Å². The number of rotatable bonds is 23. The number of non-ortho nitro benzene ring substituents is 1. The summed E-state index contributed by atoms with van der Waals surface area (Å²) < 4.78 is 0. The number of likely N-dealkylation sites (tertiary alicyclic amines) is 1. The van der Waals surface area contributed by atoms with E-state index >= 15 is 0 Å². The van der Waals surface area contributed by atoms with Crippen molar-refractivity contribution < 1.29 is 43.3 Å². The van der Waals surface area contributed by atoms with E-state index in [0.717, 1.165) is 60.1 Å². The zero-order chi connectivity index (χ0) is 56.3. The molecule has 0 radical (unpaired) electrons. The van der Waals surface area contributed by atoms with Gasteiger partial charge in [0.2, 0.25) is 35.4 Å². The van der Waals surface area contributed by atoms with Crippen LogP contribution >= 0.6 is 24.8 Å². The molecular formula is C58H81Cl2N9O10. The molecule has 3 aliphatic rings. The number of carbonyl (C=O) groups excluding carboxylic acids is 8. The lowest BCUT2D eigenvalue weighted by Gasteiger charge is -2.36. The molecular weight excluding hydrogens is 1050 g/mol. The lowest BCUT2D eigenvalue weighted by Crippen LogP contribution is -2.59. The van der Waals surface area contributed by atoms with Gasteiger partial charge in [-0.1, -0.05) is 83.1 Å². The zero-order valence-electron chi connectivity index (χ0n) is 46.9. The summed E-state index contributed by atoms with van der Waals surface area (Å²) in [5.41, 5.74) is 2.77. The molecule has 9 atom stereocenters. The Morgan fingerprint density at radius 3 is 1.76 bits per heavy atom. The molecule has 1 fully saturated rings. The van der Waals surface area contributed by atoms with E-state index in [1.165, 1.54) is 11.0 Å². The van der Waals surface area contributed by atoms with Gasteiger partial charge in [0.1, 0.15) is 24.2 Å². The second kappa shape index (κ2) is 29.3. The number of hydrogen-bond acceptors (Lipinski definition) is 12. The Hall–Kier alpha value is -6.28. The van der Waals surface area contributed by atoms with E-state index in [1.54, 1.807) is 41.8 Å². The van der Waals surface area contributed by atoms with Gasteiger partial charge in [-0.3, -0.25) is 48.5 Å². The molecule has 3 aromatic rings. The average Bonchev–Trinajstić information content (AvgIpc) is 3.84. The lowest BCUT2D eigenvalue weighted by atomic mass is 9.85. The van der Waals surface area contributed by atoms with Crippen molar-refractivity contribution in [3.05, 3.63) is 110 Å². The molecule has 6 amide bonds. The van der Waals surface area contributed by atoms with E-state index in [1.807, 2.05) is 69.3 Å². The van der Waals surface area contributed by atoms with Gasteiger partial charge in [-0.2, -0.15) is 0 Å². The summed E-state index contributed by atoms with van der Waals surface area (Å²) >= 11 is 0. The molecule has 0 aromatic heterocycles. The molecule has 0 unspecified atom stereocenters. The number of nitrogens with one attached hydrogen (secondary N) is 7. The molecule has 6 rings (SSSR count). The summed E-state index contributed by atoms with van der Waals surface area (Å²) in [6, 6.07) is 13.3. The number of nitrogens with zero attached hydrogens (tertiary/aromatic N) is 2. The second-order valence-corrected chi connectivity index (χ2v) is 22.5. The molecule has 0 saturated carbocycles. The van der Waals surface area contributed by atoms with E-state index in [-0.39, 0.29) is 92.6 Å². The Balaban J connectivity index is 0.00000672. The van der Waals surface area contributed by atoms with Gasteiger partial charge in [-0.15, -0.1) is 24.8 Å². The van der Waals surface area contributed by atoms with Gasteiger partial charge < -0.3 is 42.1 Å². The van der Waals surface area contributed by atoms with Crippen LogP contribution in [-0.2, 0) is 41.6 Å². The van der Waals surface area contributed by atoms with Crippen LogP contribution in [0.1, 0.15) is 161 Å². The Morgan fingerprint density at radius 2 is 1.23 bits per heavy atom. The molecule has 0 spiro atoms. The number of aryl methyl sites for hydroxylation is 2. The fourth-order valence-corrected chi connectivity index (χ4v) is 10.6. The summed E-state index contributed by atoms with van der Waals surface area (Å²) in [5.74, 6) is -4.74. The molecule has 79 heavy (non-hydrogen) atoms. The molecule has 21 heteroatoms. The fourth-order valence-electron chi connectivity index (χ4n) is 10.6. The number of benzene rings is 3.